The van der Waals surface area contributed by atoms with Gasteiger partial charge in [-0.25, -0.2) is 0 Å². The molecule has 21 heavy (non-hydrogen) atoms. The molecule has 2 nitrogen and oxygen atoms in total. The van der Waals surface area contributed by atoms with Gasteiger partial charge in [-0.15, -0.1) is 0 Å². The molecule has 3 unspecified atom stereocenters. The van der Waals surface area contributed by atoms with Crippen LogP contribution < -0.4 is 0 Å². The van der Waals surface area contributed by atoms with Crippen LogP contribution in [0.25, 0.3) is 0 Å². The van der Waals surface area contributed by atoms with Crippen molar-refractivity contribution < 1.29 is 18.3 Å². The van der Waals surface area contributed by atoms with E-state index in [1.165, 1.54) is 4.90 Å². The number of halogens is 3. The minimum absolute atomic E-state index is 0.224. The highest BCUT2D eigenvalue weighted by atomic mass is 19.4. The van der Waals surface area contributed by atoms with Gasteiger partial charge in [0, 0.05) is 6.04 Å². The summed E-state index contributed by atoms with van der Waals surface area (Å²) in [7, 11) is 0. The van der Waals surface area contributed by atoms with Crippen LogP contribution >= 0.6 is 0 Å². The first-order valence-corrected chi connectivity index (χ1v) is 7.44. The summed E-state index contributed by atoms with van der Waals surface area (Å²) in [5, 5.41) is 10.1. The minimum Gasteiger partial charge on any atom is -0.391 e. The average molecular weight is 301 g/mol. The Morgan fingerprint density at radius 3 is 2.43 bits per heavy atom. The largest absolute Gasteiger partial charge is 0.401 e. The summed E-state index contributed by atoms with van der Waals surface area (Å²) in [5.41, 5.74) is 1.15. The predicted molar refractivity (Wildman–Crippen MR) is 76.1 cm³/mol. The third kappa shape index (κ3) is 4.45. The van der Waals surface area contributed by atoms with Crippen molar-refractivity contribution in [2.45, 2.75) is 50.4 Å². The lowest BCUT2D eigenvalue weighted by molar-refractivity contribution is -0.157. The van der Waals surface area contributed by atoms with Crippen LogP contribution in [0, 0.1) is 0 Å². The van der Waals surface area contributed by atoms with Gasteiger partial charge >= 0.3 is 6.18 Å². The fourth-order valence-electron chi connectivity index (χ4n) is 3.24. The Hall–Kier alpha value is -1.07. The Morgan fingerprint density at radius 1 is 1.19 bits per heavy atom. The van der Waals surface area contributed by atoms with Crippen LogP contribution in [0.2, 0.25) is 0 Å². The molecule has 0 heterocycles. The topological polar surface area (TPSA) is 23.5 Å². The molecule has 0 radical (unpaired) electrons. The number of hydrogen-bond acceptors (Lipinski definition) is 2. The zero-order valence-corrected chi connectivity index (χ0v) is 12.2. The van der Waals surface area contributed by atoms with Crippen LogP contribution in [0.15, 0.2) is 30.3 Å². The summed E-state index contributed by atoms with van der Waals surface area (Å²) in [6.07, 6.45) is -2.94. The first kappa shape index (κ1) is 16.3. The SMILES string of the molecule is CCN(CC(F)(F)F)C1CC(c2ccccc2)CCC1O. The molecule has 118 valence electrons. The number of benzene rings is 1. The standard InChI is InChI=1S/C16H22F3NO/c1-2-20(11-16(17,18)19)14-10-13(8-9-15(14)21)12-6-4-3-5-7-12/h3-7,13-15,21H,2,8-11H2,1H3. The molecule has 5 heteroatoms. The molecule has 1 aliphatic rings. The van der Waals surface area contributed by atoms with Crippen LogP contribution in [0.5, 0.6) is 0 Å². The number of aliphatic hydroxyl groups is 1. The second-order valence-electron chi connectivity index (χ2n) is 5.73. The predicted octanol–water partition coefficient (Wildman–Crippen LogP) is 3.57. The molecule has 0 spiro atoms. The van der Waals surface area contributed by atoms with E-state index < -0.39 is 24.9 Å². The van der Waals surface area contributed by atoms with E-state index >= 15 is 0 Å². The first-order valence-electron chi connectivity index (χ1n) is 7.44. The van der Waals surface area contributed by atoms with E-state index in [4.69, 9.17) is 0 Å². The van der Waals surface area contributed by atoms with E-state index in [1.807, 2.05) is 30.3 Å². The third-order valence-corrected chi connectivity index (χ3v) is 4.31. The molecule has 2 rings (SSSR count). The van der Waals surface area contributed by atoms with Gasteiger partial charge in [0.05, 0.1) is 12.6 Å². The quantitative estimate of drug-likeness (QED) is 0.919. The van der Waals surface area contributed by atoms with Crippen molar-refractivity contribution in [2.75, 3.05) is 13.1 Å². The Morgan fingerprint density at radius 2 is 1.86 bits per heavy atom. The highest BCUT2D eigenvalue weighted by molar-refractivity contribution is 5.20. The summed E-state index contributed by atoms with van der Waals surface area (Å²) < 4.78 is 38.0. The van der Waals surface area contributed by atoms with E-state index in [-0.39, 0.29) is 5.92 Å². The minimum atomic E-state index is -4.23. The zero-order chi connectivity index (χ0) is 15.5. The molecule has 1 aliphatic carbocycles. The van der Waals surface area contributed by atoms with Crippen LogP contribution in [0.4, 0.5) is 13.2 Å². The van der Waals surface area contributed by atoms with Crippen LogP contribution in [0.1, 0.15) is 37.7 Å². The van der Waals surface area contributed by atoms with Crippen LogP contribution in [0.3, 0.4) is 0 Å². The molecule has 0 saturated heterocycles. The number of aliphatic hydroxyl groups excluding tert-OH is 1. The summed E-state index contributed by atoms with van der Waals surface area (Å²) in [5.74, 6) is 0.224. The highest BCUT2D eigenvalue weighted by Crippen LogP contribution is 2.36. The Labute approximate surface area is 123 Å². The Kier molecular flexibility index (Phi) is 5.27. The van der Waals surface area contributed by atoms with Crippen molar-refractivity contribution in [3.63, 3.8) is 0 Å². The number of likely N-dealkylation sites (N-methyl/N-ethyl adjacent to an activating group) is 1. The van der Waals surface area contributed by atoms with E-state index in [2.05, 4.69) is 0 Å². The van der Waals surface area contributed by atoms with Gasteiger partial charge in [0.2, 0.25) is 0 Å². The Balaban J connectivity index is 2.10. The second kappa shape index (κ2) is 6.79. The van der Waals surface area contributed by atoms with Gasteiger partial charge in [-0.1, -0.05) is 37.3 Å². The number of hydrogen-bond donors (Lipinski definition) is 1. The van der Waals surface area contributed by atoms with Gasteiger partial charge in [-0.2, -0.15) is 13.2 Å². The monoisotopic (exact) mass is 301 g/mol. The number of nitrogens with zero attached hydrogens (tertiary/aromatic N) is 1. The smallest absolute Gasteiger partial charge is 0.391 e. The van der Waals surface area contributed by atoms with E-state index in [9.17, 15) is 18.3 Å². The lowest BCUT2D eigenvalue weighted by Crippen LogP contribution is -2.50. The third-order valence-electron chi connectivity index (χ3n) is 4.31. The van der Waals surface area contributed by atoms with Crippen LogP contribution in [-0.2, 0) is 0 Å². The molecule has 0 aliphatic heterocycles. The average Bonchev–Trinajstić information content (AvgIpc) is 2.45. The molecule has 1 aromatic rings. The fraction of sp³-hybridized carbons (Fsp3) is 0.625. The van der Waals surface area contributed by atoms with Gasteiger partial charge in [-0.3, -0.25) is 4.90 Å². The first-order chi connectivity index (χ1) is 9.90. The van der Waals surface area contributed by atoms with E-state index in [0.717, 1.165) is 12.0 Å². The summed E-state index contributed by atoms with van der Waals surface area (Å²) >= 11 is 0. The van der Waals surface area contributed by atoms with Gasteiger partial charge in [0.1, 0.15) is 0 Å². The lowest BCUT2D eigenvalue weighted by atomic mass is 9.79. The van der Waals surface area contributed by atoms with Gasteiger partial charge in [-0.05, 0) is 37.3 Å². The van der Waals surface area contributed by atoms with Crippen molar-refractivity contribution in [3.8, 4) is 0 Å². The summed E-state index contributed by atoms with van der Waals surface area (Å²) in [6, 6.07) is 9.43. The van der Waals surface area contributed by atoms with Crippen molar-refractivity contribution >= 4 is 0 Å². The van der Waals surface area contributed by atoms with Crippen molar-refractivity contribution in [1.82, 2.24) is 4.90 Å². The van der Waals surface area contributed by atoms with Gasteiger partial charge in [0.15, 0.2) is 0 Å². The molecule has 3 atom stereocenters. The maximum atomic E-state index is 12.7. The van der Waals surface area contributed by atoms with Crippen molar-refractivity contribution in [1.29, 1.82) is 0 Å². The van der Waals surface area contributed by atoms with Gasteiger partial charge < -0.3 is 5.11 Å². The molecular formula is C16H22F3NO. The molecule has 1 saturated carbocycles. The lowest BCUT2D eigenvalue weighted by Gasteiger charge is -2.40. The van der Waals surface area contributed by atoms with Crippen molar-refractivity contribution in [2.24, 2.45) is 0 Å². The van der Waals surface area contributed by atoms with Gasteiger partial charge in [0.25, 0.3) is 0 Å². The normalized spacial score (nSPS) is 27.0. The molecule has 0 aromatic heterocycles. The summed E-state index contributed by atoms with van der Waals surface area (Å²) in [6.45, 7) is 1.06. The highest BCUT2D eigenvalue weighted by Gasteiger charge is 2.38. The number of rotatable bonds is 4. The summed E-state index contributed by atoms with van der Waals surface area (Å²) in [4.78, 5) is 1.36. The molecule has 1 N–H and O–H groups in total. The fourth-order valence-corrected chi connectivity index (χ4v) is 3.24. The molecular weight excluding hydrogens is 279 g/mol. The molecule has 0 bridgehead atoms. The number of alkyl halides is 3. The van der Waals surface area contributed by atoms with E-state index in [0.29, 0.717) is 19.4 Å². The zero-order valence-electron chi connectivity index (χ0n) is 12.2. The molecule has 1 aromatic carbocycles. The second-order valence-corrected chi connectivity index (χ2v) is 5.73. The van der Waals surface area contributed by atoms with E-state index in [1.54, 1.807) is 6.92 Å². The molecule has 0 amide bonds. The maximum Gasteiger partial charge on any atom is 0.401 e. The Bertz CT molecular complexity index is 435. The molecule has 1 fully saturated rings. The maximum absolute atomic E-state index is 12.7. The van der Waals surface area contributed by atoms with Crippen LogP contribution in [-0.4, -0.2) is 41.4 Å². The van der Waals surface area contributed by atoms with Crippen molar-refractivity contribution in [3.05, 3.63) is 35.9 Å².